The van der Waals surface area contributed by atoms with Crippen molar-refractivity contribution in [2.75, 3.05) is 5.32 Å². The first-order chi connectivity index (χ1) is 11.6. The molecule has 1 aromatic heterocycles. The van der Waals surface area contributed by atoms with E-state index >= 15 is 0 Å². The number of hydrogen-bond acceptors (Lipinski definition) is 2. The average molecular weight is 321 g/mol. The molecule has 1 aliphatic heterocycles. The molecule has 2 aromatic carbocycles. The Balaban J connectivity index is 1.83. The number of nitrogens with zero attached hydrogens (tertiary/aromatic N) is 2. The topological polar surface area (TPSA) is 46.9 Å². The zero-order valence-electron chi connectivity index (χ0n) is 13.2. The van der Waals surface area contributed by atoms with Crippen molar-refractivity contribution in [3.8, 4) is 5.69 Å². The number of aromatic nitrogens is 2. The lowest BCUT2D eigenvalue weighted by Gasteiger charge is -2.25. The molecule has 24 heavy (non-hydrogen) atoms. The fraction of sp³-hybridized carbons (Fsp3) is 0.158. The van der Waals surface area contributed by atoms with E-state index in [1.807, 2.05) is 25.1 Å². The molecule has 1 atom stereocenters. The standard InChI is InChI=1S/C19H16FN3O/c1-12-4-2-3-5-15(12)16-10-18(24)22-19-17(16)11-21-23(19)14-8-6-13(20)7-9-14/h2-9,11,16H,10H2,1H3,(H,22,24)/t16-/m0/s1. The molecule has 4 nitrogen and oxygen atoms in total. The Morgan fingerprint density at radius 2 is 1.88 bits per heavy atom. The highest BCUT2D eigenvalue weighted by molar-refractivity contribution is 5.94. The molecule has 4 rings (SSSR count). The SMILES string of the molecule is Cc1ccccc1[C@@H]1CC(=O)Nc2c1cnn2-c1ccc(F)cc1. The lowest BCUT2D eigenvalue weighted by Crippen LogP contribution is -2.25. The number of halogens is 1. The first-order valence-electron chi connectivity index (χ1n) is 7.83. The van der Waals surface area contributed by atoms with Crippen LogP contribution in [0.2, 0.25) is 0 Å². The molecule has 1 amide bonds. The fourth-order valence-corrected chi connectivity index (χ4v) is 3.25. The van der Waals surface area contributed by atoms with Gasteiger partial charge in [0.25, 0.3) is 0 Å². The van der Waals surface area contributed by atoms with E-state index in [4.69, 9.17) is 0 Å². The number of hydrogen-bond donors (Lipinski definition) is 1. The van der Waals surface area contributed by atoms with Crippen LogP contribution in [0.3, 0.4) is 0 Å². The van der Waals surface area contributed by atoms with Gasteiger partial charge >= 0.3 is 0 Å². The van der Waals surface area contributed by atoms with Crippen LogP contribution >= 0.6 is 0 Å². The van der Waals surface area contributed by atoms with Gasteiger partial charge in [0, 0.05) is 17.9 Å². The fourth-order valence-electron chi connectivity index (χ4n) is 3.25. The van der Waals surface area contributed by atoms with Gasteiger partial charge in [0.2, 0.25) is 5.91 Å². The predicted molar refractivity (Wildman–Crippen MR) is 89.8 cm³/mol. The Labute approximate surface area is 138 Å². The average Bonchev–Trinajstić information content (AvgIpc) is 2.99. The molecule has 0 fully saturated rings. The molecule has 3 aromatic rings. The van der Waals surface area contributed by atoms with E-state index < -0.39 is 0 Å². The van der Waals surface area contributed by atoms with E-state index in [9.17, 15) is 9.18 Å². The summed E-state index contributed by atoms with van der Waals surface area (Å²) in [4.78, 5) is 12.2. The Hall–Kier alpha value is -2.95. The summed E-state index contributed by atoms with van der Waals surface area (Å²) in [5, 5.41) is 7.33. The zero-order valence-corrected chi connectivity index (χ0v) is 13.2. The number of carbonyl (C=O) groups excluding carboxylic acids is 1. The van der Waals surface area contributed by atoms with Crippen LogP contribution in [0, 0.1) is 12.7 Å². The van der Waals surface area contributed by atoms with Gasteiger partial charge in [-0.2, -0.15) is 5.10 Å². The largest absolute Gasteiger partial charge is 0.310 e. The molecule has 0 unspecified atom stereocenters. The maximum atomic E-state index is 13.2. The summed E-state index contributed by atoms with van der Waals surface area (Å²) in [6.45, 7) is 2.05. The van der Waals surface area contributed by atoms with Crippen molar-refractivity contribution in [1.82, 2.24) is 9.78 Å². The number of nitrogens with one attached hydrogen (secondary N) is 1. The van der Waals surface area contributed by atoms with Gasteiger partial charge < -0.3 is 5.32 Å². The van der Waals surface area contributed by atoms with Crippen molar-refractivity contribution < 1.29 is 9.18 Å². The third-order valence-electron chi connectivity index (χ3n) is 4.46. The molecule has 0 spiro atoms. The van der Waals surface area contributed by atoms with Gasteiger partial charge in [0.05, 0.1) is 11.9 Å². The van der Waals surface area contributed by atoms with Crippen LogP contribution in [-0.4, -0.2) is 15.7 Å². The maximum absolute atomic E-state index is 13.2. The highest BCUT2D eigenvalue weighted by atomic mass is 19.1. The molecule has 0 saturated heterocycles. The van der Waals surface area contributed by atoms with E-state index in [-0.39, 0.29) is 17.6 Å². The molecule has 1 N–H and O–H groups in total. The first kappa shape index (κ1) is 14.6. The van der Waals surface area contributed by atoms with E-state index in [2.05, 4.69) is 16.5 Å². The lowest BCUT2D eigenvalue weighted by atomic mass is 9.85. The Morgan fingerprint density at radius 3 is 2.62 bits per heavy atom. The molecule has 2 heterocycles. The number of fused-ring (bicyclic) bond motifs is 1. The molecule has 0 bridgehead atoms. The van der Waals surface area contributed by atoms with Crippen LogP contribution in [-0.2, 0) is 4.79 Å². The van der Waals surface area contributed by atoms with Gasteiger partial charge in [0.1, 0.15) is 11.6 Å². The van der Waals surface area contributed by atoms with Gasteiger partial charge in [-0.05, 0) is 42.3 Å². The number of carbonyl (C=O) groups is 1. The van der Waals surface area contributed by atoms with Crippen molar-refractivity contribution in [2.24, 2.45) is 0 Å². The minimum Gasteiger partial charge on any atom is -0.310 e. The van der Waals surface area contributed by atoms with Crippen molar-refractivity contribution in [3.05, 3.63) is 77.2 Å². The van der Waals surface area contributed by atoms with E-state index in [1.54, 1.807) is 23.0 Å². The zero-order chi connectivity index (χ0) is 16.7. The molecule has 5 heteroatoms. The first-order valence-corrected chi connectivity index (χ1v) is 7.83. The third-order valence-corrected chi connectivity index (χ3v) is 4.46. The highest BCUT2D eigenvalue weighted by Gasteiger charge is 2.30. The number of benzene rings is 2. The van der Waals surface area contributed by atoms with Crippen molar-refractivity contribution >= 4 is 11.7 Å². The summed E-state index contributed by atoms with van der Waals surface area (Å²) < 4.78 is 14.8. The summed E-state index contributed by atoms with van der Waals surface area (Å²) in [6, 6.07) is 14.1. The molecule has 120 valence electrons. The molecular weight excluding hydrogens is 305 g/mol. The molecule has 1 aliphatic rings. The van der Waals surface area contributed by atoms with E-state index in [0.29, 0.717) is 17.9 Å². The number of rotatable bonds is 2. The van der Waals surface area contributed by atoms with Crippen molar-refractivity contribution in [1.29, 1.82) is 0 Å². The smallest absolute Gasteiger partial charge is 0.226 e. The minimum atomic E-state index is -0.304. The van der Waals surface area contributed by atoms with Crippen LogP contribution in [0.1, 0.15) is 29.0 Å². The van der Waals surface area contributed by atoms with Gasteiger partial charge in [-0.25, -0.2) is 9.07 Å². The van der Waals surface area contributed by atoms with Gasteiger partial charge in [-0.3, -0.25) is 4.79 Å². The number of aryl methyl sites for hydroxylation is 1. The summed E-state index contributed by atoms with van der Waals surface area (Å²) in [7, 11) is 0. The Morgan fingerprint density at radius 1 is 1.12 bits per heavy atom. The summed E-state index contributed by atoms with van der Waals surface area (Å²) in [5.74, 6) is 0.288. The van der Waals surface area contributed by atoms with Crippen molar-refractivity contribution in [2.45, 2.75) is 19.3 Å². The molecule has 0 aliphatic carbocycles. The molecule has 0 radical (unpaired) electrons. The van der Waals surface area contributed by atoms with Crippen LogP contribution in [0.25, 0.3) is 5.69 Å². The van der Waals surface area contributed by atoms with E-state index in [0.717, 1.165) is 16.7 Å². The van der Waals surface area contributed by atoms with Crippen LogP contribution in [0.15, 0.2) is 54.7 Å². The number of anilines is 1. The highest BCUT2D eigenvalue weighted by Crippen LogP contribution is 2.39. The van der Waals surface area contributed by atoms with Crippen LogP contribution in [0.5, 0.6) is 0 Å². The monoisotopic (exact) mass is 321 g/mol. The minimum absolute atomic E-state index is 0.0239. The molecule has 0 saturated carbocycles. The Kier molecular flexibility index (Phi) is 3.41. The normalized spacial score (nSPS) is 16.6. The Bertz CT molecular complexity index is 915. The maximum Gasteiger partial charge on any atom is 0.226 e. The van der Waals surface area contributed by atoms with Gasteiger partial charge in [-0.1, -0.05) is 24.3 Å². The summed E-state index contributed by atoms with van der Waals surface area (Å²) in [6.07, 6.45) is 2.18. The molecular formula is C19H16FN3O. The second kappa shape index (κ2) is 5.60. The van der Waals surface area contributed by atoms with Crippen LogP contribution < -0.4 is 5.32 Å². The number of amides is 1. The van der Waals surface area contributed by atoms with E-state index in [1.165, 1.54) is 12.1 Å². The van der Waals surface area contributed by atoms with Crippen LogP contribution in [0.4, 0.5) is 10.2 Å². The van der Waals surface area contributed by atoms with Crippen molar-refractivity contribution in [3.63, 3.8) is 0 Å². The van der Waals surface area contributed by atoms with Gasteiger partial charge in [-0.15, -0.1) is 0 Å². The predicted octanol–water partition coefficient (Wildman–Crippen LogP) is 3.79. The lowest BCUT2D eigenvalue weighted by molar-refractivity contribution is -0.116. The summed E-state index contributed by atoms with van der Waals surface area (Å²) >= 11 is 0. The third kappa shape index (κ3) is 2.38. The second-order valence-electron chi connectivity index (χ2n) is 6.00. The second-order valence-corrected chi connectivity index (χ2v) is 6.00. The van der Waals surface area contributed by atoms with Gasteiger partial charge in [0.15, 0.2) is 0 Å². The summed E-state index contributed by atoms with van der Waals surface area (Å²) in [5.41, 5.74) is 3.97. The quantitative estimate of drug-likeness (QED) is 0.780.